The number of benzene rings is 2. The molecule has 0 aliphatic rings. The smallest absolute Gasteiger partial charge is 0.224 e. The zero-order valence-corrected chi connectivity index (χ0v) is 15.1. The van der Waals surface area contributed by atoms with Crippen molar-refractivity contribution in [2.45, 2.75) is 19.8 Å². The van der Waals surface area contributed by atoms with Crippen molar-refractivity contribution in [3.8, 4) is 17.0 Å². The van der Waals surface area contributed by atoms with Crippen LogP contribution in [-0.4, -0.2) is 18.0 Å². The summed E-state index contributed by atoms with van der Waals surface area (Å²) in [6, 6.07) is 15.8. The molecule has 1 N–H and O–H groups in total. The molecule has 0 saturated heterocycles. The van der Waals surface area contributed by atoms with Crippen LogP contribution in [0.1, 0.15) is 17.0 Å². The molecular weight excluding hydrogens is 332 g/mol. The molecule has 0 aliphatic heterocycles. The van der Waals surface area contributed by atoms with Gasteiger partial charge in [0.25, 0.3) is 0 Å². The van der Waals surface area contributed by atoms with Crippen LogP contribution < -0.4 is 10.1 Å². The maximum Gasteiger partial charge on any atom is 0.224 e. The molecule has 0 bridgehead atoms. The van der Waals surface area contributed by atoms with E-state index in [0.29, 0.717) is 24.3 Å². The number of hydrogen-bond acceptors (Lipinski definition) is 4. The van der Waals surface area contributed by atoms with Crippen LogP contribution in [0.25, 0.3) is 11.3 Å². The molecule has 0 fully saturated rings. The van der Waals surface area contributed by atoms with E-state index in [-0.39, 0.29) is 5.91 Å². The number of carbonyl (C=O) groups is 1. The molecule has 1 amide bonds. The number of carbonyl (C=O) groups excluding carboxylic acids is 1. The zero-order chi connectivity index (χ0) is 17.6. The number of aromatic nitrogens is 1. The van der Waals surface area contributed by atoms with Gasteiger partial charge in [0.1, 0.15) is 5.75 Å². The molecule has 0 radical (unpaired) electrons. The van der Waals surface area contributed by atoms with Crippen LogP contribution in [-0.2, 0) is 11.2 Å². The van der Waals surface area contributed by atoms with Gasteiger partial charge in [0.05, 0.1) is 23.5 Å². The molecule has 25 heavy (non-hydrogen) atoms. The Morgan fingerprint density at radius 3 is 2.76 bits per heavy atom. The first-order valence-corrected chi connectivity index (χ1v) is 8.98. The molecule has 0 atom stereocenters. The Bertz CT molecular complexity index is 859. The second-order valence-electron chi connectivity index (χ2n) is 5.74. The summed E-state index contributed by atoms with van der Waals surface area (Å²) in [5.74, 6) is 0.625. The van der Waals surface area contributed by atoms with Gasteiger partial charge in [-0.1, -0.05) is 36.4 Å². The van der Waals surface area contributed by atoms with E-state index < -0.39 is 0 Å². The van der Waals surface area contributed by atoms with Gasteiger partial charge in [0.2, 0.25) is 5.91 Å². The summed E-state index contributed by atoms with van der Waals surface area (Å²) in [5, 5.41) is 5.92. The molecule has 2 aromatic carbocycles. The van der Waals surface area contributed by atoms with Crippen molar-refractivity contribution in [3.05, 3.63) is 64.5 Å². The molecule has 3 rings (SSSR count). The van der Waals surface area contributed by atoms with Crippen molar-refractivity contribution in [2.24, 2.45) is 0 Å². The van der Waals surface area contributed by atoms with E-state index in [9.17, 15) is 4.79 Å². The first kappa shape index (κ1) is 17.2. The van der Waals surface area contributed by atoms with Crippen molar-refractivity contribution < 1.29 is 9.53 Å². The van der Waals surface area contributed by atoms with E-state index in [4.69, 9.17) is 4.74 Å². The van der Waals surface area contributed by atoms with Gasteiger partial charge >= 0.3 is 0 Å². The highest BCUT2D eigenvalue weighted by molar-refractivity contribution is 7.09. The van der Waals surface area contributed by atoms with Gasteiger partial charge in [-0.15, -0.1) is 11.3 Å². The molecule has 5 heteroatoms. The van der Waals surface area contributed by atoms with Gasteiger partial charge in [-0.25, -0.2) is 4.98 Å². The number of thiazole rings is 1. The quantitative estimate of drug-likeness (QED) is 0.700. The Labute approximate surface area is 151 Å². The third-order valence-electron chi connectivity index (χ3n) is 3.82. The maximum absolute atomic E-state index is 12.3. The lowest BCUT2D eigenvalue weighted by Gasteiger charge is -2.10. The van der Waals surface area contributed by atoms with Crippen LogP contribution in [0, 0.1) is 6.92 Å². The normalized spacial score (nSPS) is 10.5. The number of amides is 1. The van der Waals surface area contributed by atoms with Crippen LogP contribution in [0.4, 0.5) is 5.69 Å². The van der Waals surface area contributed by atoms with Crippen LogP contribution >= 0.6 is 11.3 Å². The van der Waals surface area contributed by atoms with Crippen LogP contribution in [0.15, 0.2) is 53.9 Å². The van der Waals surface area contributed by atoms with Gasteiger partial charge in [-0.2, -0.15) is 0 Å². The maximum atomic E-state index is 12.3. The number of nitrogens with one attached hydrogen (secondary N) is 1. The minimum atomic E-state index is -0.0413. The van der Waals surface area contributed by atoms with Crippen molar-refractivity contribution in [1.82, 2.24) is 4.98 Å². The second kappa shape index (κ2) is 7.94. The predicted octanol–water partition coefficient (Wildman–Crippen LogP) is 4.70. The summed E-state index contributed by atoms with van der Waals surface area (Å²) in [6.07, 6.45) is 1.01. The lowest BCUT2D eigenvalue weighted by Crippen LogP contribution is -2.13. The molecule has 3 aromatic rings. The largest absolute Gasteiger partial charge is 0.495 e. The molecular formula is C20H20N2O2S. The van der Waals surface area contributed by atoms with E-state index in [1.54, 1.807) is 18.4 Å². The summed E-state index contributed by atoms with van der Waals surface area (Å²) < 4.78 is 5.29. The number of methoxy groups -OCH3 is 1. The first-order valence-electron chi connectivity index (χ1n) is 8.10. The highest BCUT2D eigenvalue weighted by atomic mass is 32.1. The predicted molar refractivity (Wildman–Crippen MR) is 102 cm³/mol. The number of hydrogen-bond donors (Lipinski definition) is 1. The zero-order valence-electron chi connectivity index (χ0n) is 14.3. The molecule has 0 unspecified atom stereocenters. The Hall–Kier alpha value is -2.66. The summed E-state index contributed by atoms with van der Waals surface area (Å²) >= 11 is 1.59. The number of anilines is 1. The van der Waals surface area contributed by atoms with E-state index in [1.165, 1.54) is 0 Å². The number of ether oxygens (including phenoxy) is 1. The minimum Gasteiger partial charge on any atom is -0.495 e. The van der Waals surface area contributed by atoms with Crippen molar-refractivity contribution in [1.29, 1.82) is 0 Å². The fourth-order valence-corrected chi connectivity index (χ4v) is 3.33. The Balaban J connectivity index is 1.60. The molecule has 0 aliphatic carbocycles. The molecule has 128 valence electrons. The highest BCUT2D eigenvalue weighted by Gasteiger charge is 2.10. The minimum absolute atomic E-state index is 0.0413. The Morgan fingerprint density at radius 2 is 2.00 bits per heavy atom. The van der Waals surface area contributed by atoms with E-state index >= 15 is 0 Å². The fraction of sp³-hybridized carbons (Fsp3) is 0.200. The second-order valence-corrected chi connectivity index (χ2v) is 6.69. The highest BCUT2D eigenvalue weighted by Crippen LogP contribution is 2.26. The monoisotopic (exact) mass is 352 g/mol. The fourth-order valence-electron chi connectivity index (χ4n) is 2.52. The van der Waals surface area contributed by atoms with Crippen LogP contribution in [0.5, 0.6) is 5.75 Å². The summed E-state index contributed by atoms with van der Waals surface area (Å²) in [4.78, 5) is 16.9. The lowest BCUT2D eigenvalue weighted by molar-refractivity contribution is -0.116. The topological polar surface area (TPSA) is 51.2 Å². The van der Waals surface area contributed by atoms with Crippen molar-refractivity contribution in [3.63, 3.8) is 0 Å². The van der Waals surface area contributed by atoms with Crippen molar-refractivity contribution in [2.75, 3.05) is 12.4 Å². The number of rotatable bonds is 6. The van der Waals surface area contributed by atoms with Crippen LogP contribution in [0.3, 0.4) is 0 Å². The molecule has 0 spiro atoms. The van der Waals surface area contributed by atoms with Gasteiger partial charge in [-0.05, 0) is 24.6 Å². The molecule has 1 heterocycles. The lowest BCUT2D eigenvalue weighted by atomic mass is 10.2. The van der Waals surface area contributed by atoms with Gasteiger partial charge in [0, 0.05) is 23.8 Å². The van der Waals surface area contributed by atoms with Crippen LogP contribution in [0.2, 0.25) is 0 Å². The SMILES string of the molecule is COc1ccc(C)cc1NC(=O)CCc1nc(-c2ccccc2)cs1. The van der Waals surface area contributed by atoms with E-state index in [2.05, 4.69) is 10.3 Å². The molecule has 4 nitrogen and oxygen atoms in total. The average Bonchev–Trinajstić information content (AvgIpc) is 3.10. The third kappa shape index (κ3) is 4.45. The number of nitrogens with zero attached hydrogens (tertiary/aromatic N) is 1. The van der Waals surface area contributed by atoms with Gasteiger partial charge in [0.15, 0.2) is 0 Å². The first-order chi connectivity index (χ1) is 12.2. The van der Waals surface area contributed by atoms with E-state index in [0.717, 1.165) is 21.8 Å². The van der Waals surface area contributed by atoms with Crippen molar-refractivity contribution >= 4 is 22.9 Å². The average molecular weight is 352 g/mol. The summed E-state index contributed by atoms with van der Waals surface area (Å²) in [6.45, 7) is 1.98. The summed E-state index contributed by atoms with van der Waals surface area (Å²) in [5.41, 5.74) is 3.83. The molecule has 1 aromatic heterocycles. The third-order valence-corrected chi connectivity index (χ3v) is 4.72. The molecule has 0 saturated carbocycles. The standard InChI is InChI=1S/C20H20N2O2S/c1-14-8-9-18(24-2)16(12-14)21-19(23)10-11-20-22-17(13-25-20)15-6-4-3-5-7-15/h3-9,12-13H,10-11H2,1-2H3,(H,21,23). The summed E-state index contributed by atoms with van der Waals surface area (Å²) in [7, 11) is 1.60. The Morgan fingerprint density at radius 1 is 1.20 bits per heavy atom. The van der Waals surface area contributed by atoms with Gasteiger partial charge in [-0.3, -0.25) is 4.79 Å². The van der Waals surface area contributed by atoms with E-state index in [1.807, 2.05) is 60.8 Å². The number of aryl methyl sites for hydroxylation is 2. The van der Waals surface area contributed by atoms with Gasteiger partial charge < -0.3 is 10.1 Å². The Kier molecular flexibility index (Phi) is 5.46.